The number of amides is 2. The maximum Gasteiger partial charge on any atom is 0.256 e. The van der Waals surface area contributed by atoms with Crippen molar-refractivity contribution in [2.45, 2.75) is 12.5 Å². The lowest BCUT2D eigenvalue weighted by Gasteiger charge is -2.16. The third-order valence-electron chi connectivity index (χ3n) is 3.66. The molecular weight excluding hydrogens is 407 g/mol. The molecule has 0 unspecified atom stereocenters. The highest BCUT2D eigenvalue weighted by Crippen LogP contribution is 2.26. The second-order valence-corrected chi connectivity index (χ2v) is 6.42. The van der Waals surface area contributed by atoms with Crippen LogP contribution in [0, 0.1) is 3.57 Å². The number of hydrogen-bond acceptors (Lipinski definition) is 4. The second kappa shape index (κ2) is 6.57. The van der Waals surface area contributed by atoms with Gasteiger partial charge < -0.3 is 10.1 Å². The van der Waals surface area contributed by atoms with Gasteiger partial charge in [-0.15, -0.1) is 0 Å². The number of halogens is 1. The van der Waals surface area contributed by atoms with E-state index in [0.29, 0.717) is 5.69 Å². The molecule has 118 valence electrons. The molecular formula is C17H15IN2O3. The summed E-state index contributed by atoms with van der Waals surface area (Å²) in [5.74, 6) is 0.319. The fourth-order valence-corrected chi connectivity index (χ4v) is 2.85. The highest BCUT2D eigenvalue weighted by molar-refractivity contribution is 14.1. The molecule has 1 heterocycles. The summed E-state index contributed by atoms with van der Waals surface area (Å²) in [5.41, 5.74) is 1.39. The number of carbonyl (C=O) groups excluding carboxylic acids is 2. The first kappa shape index (κ1) is 15.8. The lowest BCUT2D eigenvalue weighted by atomic mass is 10.2. The first-order valence-electron chi connectivity index (χ1n) is 7.11. The largest absolute Gasteiger partial charge is 0.497 e. The molecule has 3 rings (SSSR count). The number of rotatable bonds is 4. The van der Waals surface area contributed by atoms with Crippen molar-refractivity contribution in [3.8, 4) is 5.75 Å². The van der Waals surface area contributed by atoms with Gasteiger partial charge in [-0.05, 0) is 71.1 Å². The Morgan fingerprint density at radius 1 is 1.09 bits per heavy atom. The molecule has 0 aromatic heterocycles. The van der Waals surface area contributed by atoms with Crippen LogP contribution in [0.5, 0.6) is 5.75 Å². The average molecular weight is 422 g/mol. The number of methoxy groups -OCH3 is 1. The molecule has 1 aliphatic heterocycles. The molecule has 0 radical (unpaired) electrons. The van der Waals surface area contributed by atoms with Crippen LogP contribution in [-0.2, 0) is 9.59 Å². The van der Waals surface area contributed by atoms with Crippen molar-refractivity contribution in [3.63, 3.8) is 0 Å². The SMILES string of the molecule is COc1ccc(N[C@H]2CC(=O)N(c3ccc(I)cc3)C2=O)cc1. The van der Waals surface area contributed by atoms with Crippen LogP contribution in [0.1, 0.15) is 6.42 Å². The summed E-state index contributed by atoms with van der Waals surface area (Å²) >= 11 is 2.18. The van der Waals surface area contributed by atoms with E-state index in [0.717, 1.165) is 15.0 Å². The van der Waals surface area contributed by atoms with Gasteiger partial charge in [-0.3, -0.25) is 9.59 Å². The van der Waals surface area contributed by atoms with E-state index >= 15 is 0 Å². The molecule has 6 heteroatoms. The molecule has 23 heavy (non-hydrogen) atoms. The van der Waals surface area contributed by atoms with E-state index in [2.05, 4.69) is 27.9 Å². The first-order chi connectivity index (χ1) is 11.1. The van der Waals surface area contributed by atoms with E-state index in [1.54, 1.807) is 31.4 Å². The van der Waals surface area contributed by atoms with Gasteiger partial charge in [-0.1, -0.05) is 0 Å². The molecule has 2 amide bonds. The Bertz CT molecular complexity index is 729. The standard InChI is InChI=1S/C17H15IN2O3/c1-23-14-8-4-12(5-9-14)19-15-10-16(21)20(17(15)22)13-6-2-11(18)3-7-13/h2-9,15,19H,10H2,1H3/t15-/m0/s1. The van der Waals surface area contributed by atoms with Crippen LogP contribution in [0.3, 0.4) is 0 Å². The molecule has 1 atom stereocenters. The van der Waals surface area contributed by atoms with Gasteiger partial charge in [0.15, 0.2) is 0 Å². The molecule has 0 spiro atoms. The molecule has 2 aromatic rings. The lowest BCUT2D eigenvalue weighted by Crippen LogP contribution is -2.34. The monoisotopic (exact) mass is 422 g/mol. The Labute approximate surface area is 147 Å². The first-order valence-corrected chi connectivity index (χ1v) is 8.19. The molecule has 2 aromatic carbocycles. The zero-order chi connectivity index (χ0) is 16.4. The number of nitrogens with one attached hydrogen (secondary N) is 1. The summed E-state index contributed by atoms with van der Waals surface area (Å²) in [6.07, 6.45) is 0.150. The Hall–Kier alpha value is -2.09. The van der Waals surface area contributed by atoms with Crippen molar-refractivity contribution in [2.24, 2.45) is 0 Å². The van der Waals surface area contributed by atoms with Gasteiger partial charge in [0.1, 0.15) is 11.8 Å². The van der Waals surface area contributed by atoms with Crippen molar-refractivity contribution in [3.05, 3.63) is 52.1 Å². The topological polar surface area (TPSA) is 58.6 Å². The van der Waals surface area contributed by atoms with Crippen molar-refractivity contribution < 1.29 is 14.3 Å². The van der Waals surface area contributed by atoms with Crippen LogP contribution in [0.15, 0.2) is 48.5 Å². The molecule has 0 aliphatic carbocycles. The Balaban J connectivity index is 1.76. The van der Waals surface area contributed by atoms with Gasteiger partial charge in [0, 0.05) is 9.26 Å². The number of ether oxygens (including phenoxy) is 1. The van der Waals surface area contributed by atoms with Gasteiger partial charge in [0.25, 0.3) is 5.91 Å². The van der Waals surface area contributed by atoms with E-state index in [9.17, 15) is 9.59 Å². The number of benzene rings is 2. The zero-order valence-corrected chi connectivity index (χ0v) is 14.6. The van der Waals surface area contributed by atoms with Gasteiger partial charge in [0.2, 0.25) is 5.91 Å². The molecule has 0 saturated carbocycles. The summed E-state index contributed by atoms with van der Waals surface area (Å²) in [5, 5.41) is 3.11. The van der Waals surface area contributed by atoms with Crippen LogP contribution in [-0.4, -0.2) is 25.0 Å². The molecule has 1 N–H and O–H groups in total. The third kappa shape index (κ3) is 3.31. The molecule has 5 nitrogen and oxygen atoms in total. The fraction of sp³-hybridized carbons (Fsp3) is 0.176. The van der Waals surface area contributed by atoms with E-state index in [4.69, 9.17) is 4.74 Å². The minimum absolute atomic E-state index is 0.150. The van der Waals surface area contributed by atoms with E-state index in [1.807, 2.05) is 24.3 Å². The maximum absolute atomic E-state index is 12.5. The van der Waals surface area contributed by atoms with Gasteiger partial charge in [-0.2, -0.15) is 0 Å². The summed E-state index contributed by atoms with van der Waals surface area (Å²) < 4.78 is 6.16. The van der Waals surface area contributed by atoms with Crippen molar-refractivity contribution >= 4 is 45.8 Å². The third-order valence-corrected chi connectivity index (χ3v) is 4.38. The maximum atomic E-state index is 12.5. The number of carbonyl (C=O) groups is 2. The van der Waals surface area contributed by atoms with Crippen molar-refractivity contribution in [1.29, 1.82) is 0 Å². The summed E-state index contributed by atoms with van der Waals surface area (Å²) in [7, 11) is 1.60. The Morgan fingerprint density at radius 3 is 2.35 bits per heavy atom. The lowest BCUT2D eigenvalue weighted by molar-refractivity contribution is -0.121. The fourth-order valence-electron chi connectivity index (χ4n) is 2.49. The minimum Gasteiger partial charge on any atom is -0.497 e. The highest BCUT2D eigenvalue weighted by atomic mass is 127. The van der Waals surface area contributed by atoms with E-state index < -0.39 is 6.04 Å². The number of anilines is 2. The number of nitrogens with zero attached hydrogens (tertiary/aromatic N) is 1. The van der Waals surface area contributed by atoms with Crippen molar-refractivity contribution in [1.82, 2.24) is 0 Å². The zero-order valence-electron chi connectivity index (χ0n) is 12.5. The van der Waals surface area contributed by atoms with Gasteiger partial charge in [0.05, 0.1) is 19.2 Å². The van der Waals surface area contributed by atoms with Crippen LogP contribution in [0.4, 0.5) is 11.4 Å². The second-order valence-electron chi connectivity index (χ2n) is 5.17. The molecule has 1 aliphatic rings. The van der Waals surface area contributed by atoms with E-state index in [-0.39, 0.29) is 18.2 Å². The summed E-state index contributed by atoms with van der Waals surface area (Å²) in [6.45, 7) is 0. The Kier molecular flexibility index (Phi) is 4.51. The van der Waals surface area contributed by atoms with Crippen LogP contribution in [0.25, 0.3) is 0 Å². The quantitative estimate of drug-likeness (QED) is 0.608. The predicted molar refractivity (Wildman–Crippen MR) is 96.7 cm³/mol. The summed E-state index contributed by atoms with van der Waals surface area (Å²) in [6, 6.07) is 14.0. The predicted octanol–water partition coefficient (Wildman–Crippen LogP) is 3.04. The highest BCUT2D eigenvalue weighted by Gasteiger charge is 2.39. The summed E-state index contributed by atoms with van der Waals surface area (Å²) in [4.78, 5) is 26.0. The van der Waals surface area contributed by atoms with Crippen LogP contribution < -0.4 is 15.0 Å². The Morgan fingerprint density at radius 2 is 1.74 bits per heavy atom. The van der Waals surface area contributed by atoms with Crippen LogP contribution >= 0.6 is 22.6 Å². The molecule has 1 fully saturated rings. The van der Waals surface area contributed by atoms with Crippen molar-refractivity contribution in [2.75, 3.05) is 17.3 Å². The minimum atomic E-state index is -0.546. The number of hydrogen-bond donors (Lipinski definition) is 1. The normalized spacial score (nSPS) is 17.5. The van der Waals surface area contributed by atoms with Gasteiger partial charge >= 0.3 is 0 Å². The smallest absolute Gasteiger partial charge is 0.256 e. The molecule has 1 saturated heterocycles. The van der Waals surface area contributed by atoms with E-state index in [1.165, 1.54) is 4.90 Å². The van der Waals surface area contributed by atoms with Gasteiger partial charge in [-0.25, -0.2) is 4.90 Å². The average Bonchev–Trinajstić information content (AvgIpc) is 2.83. The number of imide groups is 1. The van der Waals surface area contributed by atoms with Crippen LogP contribution in [0.2, 0.25) is 0 Å². The molecule has 0 bridgehead atoms.